The van der Waals surface area contributed by atoms with Crippen LogP contribution in [0.3, 0.4) is 0 Å². The minimum atomic E-state index is 0.213. The van der Waals surface area contributed by atoms with Crippen LogP contribution in [-0.4, -0.2) is 36.1 Å². The molecule has 1 N–H and O–H groups in total. The maximum absolute atomic E-state index is 3.85. The van der Waals surface area contributed by atoms with Crippen LogP contribution >= 0.6 is 0 Å². The predicted octanol–water partition coefficient (Wildman–Crippen LogP) is 2.66. The molecule has 0 radical (unpaired) electrons. The van der Waals surface area contributed by atoms with Crippen LogP contribution in [-0.2, 0) is 0 Å². The third kappa shape index (κ3) is 5.33. The second kappa shape index (κ2) is 7.02. The summed E-state index contributed by atoms with van der Waals surface area (Å²) >= 11 is 0. The molecule has 0 rings (SSSR count). The molecule has 0 aliphatic rings. The summed E-state index contributed by atoms with van der Waals surface area (Å²) < 4.78 is 0. The highest BCUT2D eigenvalue weighted by Crippen LogP contribution is 2.18. The average Bonchev–Trinajstić information content (AvgIpc) is 2.15. The summed E-state index contributed by atoms with van der Waals surface area (Å²) in [6.07, 6.45) is 3.18. The molecule has 0 aromatic rings. The van der Waals surface area contributed by atoms with E-state index in [4.69, 9.17) is 0 Å². The molecule has 0 aromatic heterocycles. The number of nitrogens with zero attached hydrogens (tertiary/aromatic N) is 1. The maximum atomic E-state index is 3.85. The lowest BCUT2D eigenvalue weighted by Crippen LogP contribution is -2.51. The lowest BCUT2D eigenvalue weighted by atomic mass is 10.0. The monoisotopic (exact) mass is 212 g/mol. The molecule has 1 atom stereocenters. The molecule has 1 unspecified atom stereocenters. The van der Waals surface area contributed by atoms with Gasteiger partial charge in [-0.2, -0.15) is 0 Å². The Balaban J connectivity index is 4.47. The molecule has 2 nitrogen and oxygen atoms in total. The zero-order chi connectivity index (χ0) is 11.9. The SMILES string of the molecule is C=CCN(C(CC)CNCC)C(C)(C)C. The molecule has 0 heterocycles. The summed E-state index contributed by atoms with van der Waals surface area (Å²) in [5.74, 6) is 0. The summed E-state index contributed by atoms with van der Waals surface area (Å²) in [6.45, 7) is 18.1. The van der Waals surface area contributed by atoms with Crippen LogP contribution in [0.1, 0.15) is 41.0 Å². The Morgan fingerprint density at radius 3 is 2.27 bits per heavy atom. The molecular weight excluding hydrogens is 184 g/mol. The highest BCUT2D eigenvalue weighted by atomic mass is 15.2. The molecule has 0 saturated heterocycles. The van der Waals surface area contributed by atoms with Gasteiger partial charge in [-0.1, -0.05) is 19.9 Å². The Morgan fingerprint density at radius 1 is 1.33 bits per heavy atom. The topological polar surface area (TPSA) is 15.3 Å². The minimum absolute atomic E-state index is 0.213. The van der Waals surface area contributed by atoms with Gasteiger partial charge < -0.3 is 5.32 Å². The Kier molecular flexibility index (Phi) is 6.86. The molecular formula is C13H28N2. The van der Waals surface area contributed by atoms with Gasteiger partial charge in [0.2, 0.25) is 0 Å². The molecule has 2 heteroatoms. The van der Waals surface area contributed by atoms with E-state index < -0.39 is 0 Å². The van der Waals surface area contributed by atoms with Crippen molar-refractivity contribution in [3.63, 3.8) is 0 Å². The molecule has 0 amide bonds. The smallest absolute Gasteiger partial charge is 0.0226 e. The first-order valence-electron chi connectivity index (χ1n) is 6.05. The van der Waals surface area contributed by atoms with Crippen molar-refractivity contribution >= 4 is 0 Å². The van der Waals surface area contributed by atoms with Crippen molar-refractivity contribution in [3.05, 3.63) is 12.7 Å². The van der Waals surface area contributed by atoms with Crippen LogP contribution in [0.4, 0.5) is 0 Å². The summed E-state index contributed by atoms with van der Waals surface area (Å²) in [5, 5.41) is 3.43. The second-order valence-corrected chi connectivity index (χ2v) is 4.98. The number of likely N-dealkylation sites (N-methyl/N-ethyl adjacent to an activating group) is 1. The standard InChI is InChI=1S/C13H28N2/c1-7-10-15(13(4,5)6)12(8-2)11-14-9-3/h7,12,14H,1,8-11H2,2-6H3. The normalized spacial score (nSPS) is 14.3. The molecule has 15 heavy (non-hydrogen) atoms. The number of nitrogens with one attached hydrogen (secondary N) is 1. The van der Waals surface area contributed by atoms with Gasteiger partial charge in [-0.25, -0.2) is 0 Å². The number of hydrogen-bond donors (Lipinski definition) is 1. The molecule has 0 aliphatic heterocycles. The van der Waals surface area contributed by atoms with Crippen LogP contribution in [0.15, 0.2) is 12.7 Å². The first kappa shape index (κ1) is 14.7. The number of hydrogen-bond acceptors (Lipinski definition) is 2. The molecule has 0 bridgehead atoms. The molecule has 0 saturated carbocycles. The van der Waals surface area contributed by atoms with Gasteiger partial charge in [-0.3, -0.25) is 4.90 Å². The lowest BCUT2D eigenvalue weighted by Gasteiger charge is -2.41. The maximum Gasteiger partial charge on any atom is 0.0226 e. The van der Waals surface area contributed by atoms with E-state index in [9.17, 15) is 0 Å². The molecule has 0 spiro atoms. The molecule has 0 fully saturated rings. The summed E-state index contributed by atoms with van der Waals surface area (Å²) in [7, 11) is 0. The van der Waals surface area contributed by atoms with E-state index in [0.717, 1.165) is 19.6 Å². The van der Waals surface area contributed by atoms with Gasteiger partial charge in [-0.05, 0) is 33.7 Å². The van der Waals surface area contributed by atoms with E-state index in [0.29, 0.717) is 6.04 Å². The van der Waals surface area contributed by atoms with Crippen molar-refractivity contribution in [2.45, 2.75) is 52.6 Å². The van der Waals surface area contributed by atoms with Gasteiger partial charge in [0.1, 0.15) is 0 Å². The fourth-order valence-electron chi connectivity index (χ4n) is 1.90. The van der Waals surface area contributed by atoms with Crippen molar-refractivity contribution in [2.75, 3.05) is 19.6 Å². The fraction of sp³-hybridized carbons (Fsp3) is 0.846. The Hall–Kier alpha value is -0.340. The van der Waals surface area contributed by atoms with E-state index in [1.54, 1.807) is 0 Å². The van der Waals surface area contributed by atoms with Crippen LogP contribution in [0.5, 0.6) is 0 Å². The number of rotatable bonds is 7. The van der Waals surface area contributed by atoms with E-state index in [1.165, 1.54) is 6.42 Å². The zero-order valence-corrected chi connectivity index (χ0v) is 11.1. The van der Waals surface area contributed by atoms with Crippen LogP contribution in [0.2, 0.25) is 0 Å². The predicted molar refractivity (Wildman–Crippen MR) is 69.3 cm³/mol. The first-order valence-corrected chi connectivity index (χ1v) is 6.05. The van der Waals surface area contributed by atoms with E-state index in [1.807, 2.05) is 6.08 Å². The summed E-state index contributed by atoms with van der Waals surface area (Å²) in [6, 6.07) is 0.600. The van der Waals surface area contributed by atoms with Gasteiger partial charge >= 0.3 is 0 Å². The Bertz CT molecular complexity index is 170. The van der Waals surface area contributed by atoms with Crippen molar-refractivity contribution in [2.24, 2.45) is 0 Å². The van der Waals surface area contributed by atoms with Crippen molar-refractivity contribution in [1.29, 1.82) is 0 Å². The van der Waals surface area contributed by atoms with Crippen molar-refractivity contribution in [3.8, 4) is 0 Å². The highest BCUT2D eigenvalue weighted by Gasteiger charge is 2.26. The van der Waals surface area contributed by atoms with Crippen molar-refractivity contribution in [1.82, 2.24) is 10.2 Å². The minimum Gasteiger partial charge on any atom is -0.315 e. The van der Waals surface area contributed by atoms with Crippen LogP contribution in [0.25, 0.3) is 0 Å². The average molecular weight is 212 g/mol. The zero-order valence-electron chi connectivity index (χ0n) is 11.1. The first-order chi connectivity index (χ1) is 6.97. The summed E-state index contributed by atoms with van der Waals surface area (Å²) in [5.41, 5.74) is 0.213. The highest BCUT2D eigenvalue weighted by molar-refractivity contribution is 4.88. The molecule has 90 valence electrons. The van der Waals surface area contributed by atoms with Gasteiger partial charge in [0.15, 0.2) is 0 Å². The van der Waals surface area contributed by atoms with Gasteiger partial charge in [0.25, 0.3) is 0 Å². The third-order valence-electron chi connectivity index (χ3n) is 2.73. The quantitative estimate of drug-likeness (QED) is 0.653. The third-order valence-corrected chi connectivity index (χ3v) is 2.73. The Morgan fingerprint density at radius 2 is 1.93 bits per heavy atom. The van der Waals surface area contributed by atoms with Crippen molar-refractivity contribution < 1.29 is 0 Å². The van der Waals surface area contributed by atoms with Crippen LogP contribution in [0, 0.1) is 0 Å². The fourth-order valence-corrected chi connectivity index (χ4v) is 1.90. The molecule has 0 aromatic carbocycles. The lowest BCUT2D eigenvalue weighted by molar-refractivity contribution is 0.0932. The summed E-state index contributed by atoms with van der Waals surface area (Å²) in [4.78, 5) is 2.52. The Labute approximate surface area is 95.7 Å². The second-order valence-electron chi connectivity index (χ2n) is 4.98. The van der Waals surface area contributed by atoms with Gasteiger partial charge in [0.05, 0.1) is 0 Å². The van der Waals surface area contributed by atoms with Gasteiger partial charge in [0, 0.05) is 24.7 Å². The largest absolute Gasteiger partial charge is 0.315 e. The van der Waals surface area contributed by atoms with Gasteiger partial charge in [-0.15, -0.1) is 6.58 Å². The molecule has 0 aliphatic carbocycles. The van der Waals surface area contributed by atoms with Crippen LogP contribution < -0.4 is 5.32 Å². The van der Waals surface area contributed by atoms with E-state index in [-0.39, 0.29) is 5.54 Å². The van der Waals surface area contributed by atoms with E-state index >= 15 is 0 Å². The van der Waals surface area contributed by atoms with E-state index in [2.05, 4.69) is 51.4 Å².